The van der Waals surface area contributed by atoms with Crippen molar-refractivity contribution in [3.05, 3.63) is 41.1 Å². The van der Waals surface area contributed by atoms with Crippen LogP contribution in [0.25, 0.3) is 0 Å². The molecule has 0 radical (unpaired) electrons. The minimum Gasteiger partial charge on any atom is -0.346 e. The maximum Gasteiger partial charge on any atom is 0.257 e. The van der Waals surface area contributed by atoms with Crippen molar-refractivity contribution in [2.24, 2.45) is 5.73 Å². The zero-order chi connectivity index (χ0) is 17.4. The zero-order valence-corrected chi connectivity index (χ0v) is 14.2. The third-order valence-corrected chi connectivity index (χ3v) is 4.64. The summed E-state index contributed by atoms with van der Waals surface area (Å²) in [4.78, 5) is 23.6. The molecular formula is C18H22N6O. The molecule has 130 valence electrons. The Bertz CT molecular complexity index is 821. The highest BCUT2D eigenvalue weighted by Crippen LogP contribution is 2.28. The molecule has 0 aliphatic carbocycles. The molecule has 4 rings (SSSR count). The highest BCUT2D eigenvalue weighted by atomic mass is 16.2. The lowest BCUT2D eigenvalue weighted by Gasteiger charge is -2.31. The maximum absolute atomic E-state index is 12.2. The van der Waals surface area contributed by atoms with Crippen LogP contribution in [-0.2, 0) is 6.54 Å². The van der Waals surface area contributed by atoms with E-state index in [-0.39, 0.29) is 11.9 Å². The summed E-state index contributed by atoms with van der Waals surface area (Å²) in [6, 6.07) is 8.13. The normalized spacial score (nSPS) is 19.5. The molecule has 4 N–H and O–H groups in total. The van der Waals surface area contributed by atoms with Gasteiger partial charge in [-0.2, -0.15) is 4.98 Å². The van der Waals surface area contributed by atoms with Gasteiger partial charge >= 0.3 is 0 Å². The Morgan fingerprint density at radius 1 is 1.36 bits per heavy atom. The van der Waals surface area contributed by atoms with Crippen molar-refractivity contribution in [2.75, 3.05) is 23.3 Å². The van der Waals surface area contributed by atoms with Crippen molar-refractivity contribution < 1.29 is 4.79 Å². The minimum absolute atomic E-state index is 0.132. The Morgan fingerprint density at radius 2 is 2.24 bits per heavy atom. The zero-order valence-electron chi connectivity index (χ0n) is 14.2. The van der Waals surface area contributed by atoms with E-state index in [2.05, 4.69) is 25.5 Å². The van der Waals surface area contributed by atoms with E-state index in [0.29, 0.717) is 23.9 Å². The van der Waals surface area contributed by atoms with E-state index in [1.807, 2.05) is 31.2 Å². The fourth-order valence-electron chi connectivity index (χ4n) is 3.40. The molecule has 0 bridgehead atoms. The highest BCUT2D eigenvalue weighted by Gasteiger charge is 2.29. The van der Waals surface area contributed by atoms with E-state index in [0.717, 1.165) is 42.9 Å². The smallest absolute Gasteiger partial charge is 0.257 e. The van der Waals surface area contributed by atoms with Gasteiger partial charge in [0, 0.05) is 24.8 Å². The Hall–Kier alpha value is -2.67. The van der Waals surface area contributed by atoms with E-state index < -0.39 is 0 Å². The number of hydrogen-bond donors (Lipinski definition) is 3. The lowest BCUT2D eigenvalue weighted by Crippen LogP contribution is -2.43. The average molecular weight is 338 g/mol. The standard InChI is InChI=1S/C18H22N6O/c1-11-4-2-6-13(8-11)21-16-15-14(9-20-17(15)25)22-18(23-16)24-7-3-5-12(19)10-24/h2,4,6,8,12H,3,5,7,9-10,19H2,1H3,(H,20,25)(H,21,22,23). The second kappa shape index (κ2) is 6.33. The van der Waals surface area contributed by atoms with Crippen LogP contribution in [0.1, 0.15) is 34.5 Å². The van der Waals surface area contributed by atoms with Crippen LogP contribution < -0.4 is 21.3 Å². The van der Waals surface area contributed by atoms with Crippen molar-refractivity contribution in [3.8, 4) is 0 Å². The van der Waals surface area contributed by atoms with Gasteiger partial charge in [0.15, 0.2) is 0 Å². The number of nitrogens with zero attached hydrogens (tertiary/aromatic N) is 3. The number of fused-ring (bicyclic) bond motifs is 1. The molecule has 1 amide bonds. The summed E-state index contributed by atoms with van der Waals surface area (Å²) in [5, 5.41) is 6.13. The summed E-state index contributed by atoms with van der Waals surface area (Å²) in [5.41, 5.74) is 9.42. The number of aromatic nitrogens is 2. The number of nitrogens with two attached hydrogens (primary N) is 1. The molecule has 3 heterocycles. The van der Waals surface area contributed by atoms with E-state index in [1.165, 1.54) is 0 Å². The third kappa shape index (κ3) is 3.15. The van der Waals surface area contributed by atoms with Gasteiger partial charge in [-0.05, 0) is 37.5 Å². The Balaban J connectivity index is 1.72. The number of carbonyl (C=O) groups excluding carboxylic acids is 1. The number of anilines is 3. The molecule has 1 aromatic carbocycles. The maximum atomic E-state index is 12.2. The van der Waals surface area contributed by atoms with Crippen LogP contribution in [-0.4, -0.2) is 35.0 Å². The highest BCUT2D eigenvalue weighted by molar-refractivity contribution is 6.02. The minimum atomic E-state index is -0.132. The summed E-state index contributed by atoms with van der Waals surface area (Å²) >= 11 is 0. The second-order valence-corrected chi connectivity index (χ2v) is 6.72. The summed E-state index contributed by atoms with van der Waals surface area (Å²) in [6.45, 7) is 4.09. The van der Waals surface area contributed by atoms with Crippen LogP contribution in [0.2, 0.25) is 0 Å². The molecule has 2 aliphatic heterocycles. The summed E-state index contributed by atoms with van der Waals surface area (Å²) in [7, 11) is 0. The monoisotopic (exact) mass is 338 g/mol. The number of nitrogens with one attached hydrogen (secondary N) is 2. The molecule has 2 aliphatic rings. The number of aryl methyl sites for hydroxylation is 1. The first-order chi connectivity index (χ1) is 12.1. The number of rotatable bonds is 3. The van der Waals surface area contributed by atoms with Gasteiger partial charge in [-0.1, -0.05) is 12.1 Å². The summed E-state index contributed by atoms with van der Waals surface area (Å²) in [6.07, 6.45) is 2.05. The lowest BCUT2D eigenvalue weighted by molar-refractivity contribution is 0.0966. The SMILES string of the molecule is Cc1cccc(Nc2nc(N3CCCC(N)C3)nc3c2C(=O)NC3)c1. The topological polar surface area (TPSA) is 96.2 Å². The predicted molar refractivity (Wildman–Crippen MR) is 97.1 cm³/mol. The third-order valence-electron chi connectivity index (χ3n) is 4.64. The molecule has 7 nitrogen and oxygen atoms in total. The van der Waals surface area contributed by atoms with Crippen molar-refractivity contribution in [1.29, 1.82) is 0 Å². The van der Waals surface area contributed by atoms with E-state index in [9.17, 15) is 4.79 Å². The molecule has 1 atom stereocenters. The fourth-order valence-corrected chi connectivity index (χ4v) is 3.40. The van der Waals surface area contributed by atoms with Crippen molar-refractivity contribution >= 4 is 23.4 Å². The van der Waals surface area contributed by atoms with Gasteiger partial charge in [0.1, 0.15) is 11.4 Å². The Kier molecular flexibility index (Phi) is 4.01. The number of hydrogen-bond acceptors (Lipinski definition) is 6. The van der Waals surface area contributed by atoms with Crippen LogP contribution in [0.3, 0.4) is 0 Å². The molecule has 0 spiro atoms. The van der Waals surface area contributed by atoms with Gasteiger partial charge in [-0.25, -0.2) is 4.98 Å². The van der Waals surface area contributed by atoms with Gasteiger partial charge < -0.3 is 21.3 Å². The molecule has 1 unspecified atom stereocenters. The van der Waals surface area contributed by atoms with Crippen molar-refractivity contribution in [3.63, 3.8) is 0 Å². The van der Waals surface area contributed by atoms with Crippen LogP contribution in [0.4, 0.5) is 17.5 Å². The van der Waals surface area contributed by atoms with Crippen molar-refractivity contribution in [1.82, 2.24) is 15.3 Å². The van der Waals surface area contributed by atoms with Crippen LogP contribution >= 0.6 is 0 Å². The van der Waals surface area contributed by atoms with E-state index >= 15 is 0 Å². The first kappa shape index (κ1) is 15.8. The van der Waals surface area contributed by atoms with Gasteiger partial charge in [0.05, 0.1) is 12.2 Å². The quantitative estimate of drug-likeness (QED) is 0.788. The largest absolute Gasteiger partial charge is 0.346 e. The number of benzene rings is 1. The molecular weight excluding hydrogens is 316 g/mol. The van der Waals surface area contributed by atoms with Gasteiger partial charge in [-0.15, -0.1) is 0 Å². The lowest BCUT2D eigenvalue weighted by atomic mass is 10.1. The molecule has 7 heteroatoms. The van der Waals surface area contributed by atoms with Crippen molar-refractivity contribution in [2.45, 2.75) is 32.4 Å². The Morgan fingerprint density at radius 3 is 3.04 bits per heavy atom. The first-order valence-corrected chi connectivity index (χ1v) is 8.63. The fraction of sp³-hybridized carbons (Fsp3) is 0.389. The molecule has 0 saturated carbocycles. The molecule has 1 saturated heterocycles. The van der Waals surface area contributed by atoms with Crippen LogP contribution in [0.5, 0.6) is 0 Å². The van der Waals surface area contributed by atoms with Gasteiger partial charge in [0.2, 0.25) is 5.95 Å². The van der Waals surface area contributed by atoms with Crippen LogP contribution in [0, 0.1) is 6.92 Å². The molecule has 2 aromatic rings. The summed E-state index contributed by atoms with van der Waals surface area (Å²) in [5.74, 6) is 1.06. The number of amides is 1. The number of piperidine rings is 1. The van der Waals surface area contributed by atoms with E-state index in [1.54, 1.807) is 0 Å². The predicted octanol–water partition coefficient (Wildman–Crippen LogP) is 1.70. The Labute approximate surface area is 146 Å². The van der Waals surface area contributed by atoms with Gasteiger partial charge in [0.25, 0.3) is 5.91 Å². The molecule has 1 fully saturated rings. The second-order valence-electron chi connectivity index (χ2n) is 6.72. The van der Waals surface area contributed by atoms with Gasteiger partial charge in [-0.3, -0.25) is 4.79 Å². The van der Waals surface area contributed by atoms with E-state index in [4.69, 9.17) is 5.73 Å². The average Bonchev–Trinajstić information content (AvgIpc) is 2.96. The number of carbonyl (C=O) groups is 1. The molecule has 25 heavy (non-hydrogen) atoms. The summed E-state index contributed by atoms with van der Waals surface area (Å²) < 4.78 is 0. The first-order valence-electron chi connectivity index (χ1n) is 8.63. The molecule has 1 aromatic heterocycles. The van der Waals surface area contributed by atoms with Crippen LogP contribution in [0.15, 0.2) is 24.3 Å².